The smallest absolute Gasteiger partial charge is 0.168 e. The molecule has 2 unspecified atom stereocenters. The van der Waals surface area contributed by atoms with E-state index in [1.807, 2.05) is 18.7 Å². The van der Waals surface area contributed by atoms with Crippen molar-refractivity contribution in [2.75, 3.05) is 5.75 Å². The number of hydrogen-bond donors (Lipinski definition) is 2. The Kier molecular flexibility index (Phi) is 6.63. The van der Waals surface area contributed by atoms with Crippen LogP contribution in [-0.4, -0.2) is 27.6 Å². The Morgan fingerprint density at radius 1 is 1.47 bits per heavy atom. The van der Waals surface area contributed by atoms with Gasteiger partial charge in [0.2, 0.25) is 0 Å². The van der Waals surface area contributed by atoms with Crippen molar-refractivity contribution in [1.29, 1.82) is 5.41 Å². The van der Waals surface area contributed by atoms with Gasteiger partial charge in [-0.15, -0.1) is 0 Å². The van der Waals surface area contributed by atoms with Gasteiger partial charge >= 0.3 is 0 Å². The molecule has 0 heterocycles. The maximum absolute atomic E-state index is 12.1. The maximum Gasteiger partial charge on any atom is 0.168 e. The van der Waals surface area contributed by atoms with Crippen LogP contribution in [0.2, 0.25) is 0 Å². The molecule has 0 aromatic carbocycles. The van der Waals surface area contributed by atoms with Crippen LogP contribution in [0, 0.1) is 11.3 Å². The summed E-state index contributed by atoms with van der Waals surface area (Å²) in [5.41, 5.74) is 0.634. The number of thioether (sulfide) groups is 1. The first-order valence-electron chi connectivity index (χ1n) is 7.14. The van der Waals surface area contributed by atoms with Gasteiger partial charge in [0.1, 0.15) is 5.76 Å². The highest BCUT2D eigenvalue weighted by Crippen LogP contribution is 2.31. The lowest BCUT2D eigenvalue weighted by molar-refractivity contribution is -0.116. The van der Waals surface area contributed by atoms with E-state index < -0.39 is 0 Å². The van der Waals surface area contributed by atoms with E-state index in [4.69, 9.17) is 5.41 Å². The Bertz CT molecular complexity index is 356. The zero-order valence-corrected chi connectivity index (χ0v) is 13.0. The molecule has 0 saturated heterocycles. The monoisotopic (exact) mass is 283 g/mol. The fourth-order valence-corrected chi connectivity index (χ4v) is 3.66. The molecule has 3 nitrogen and oxygen atoms in total. The number of carbonyl (C=O) groups is 1. The number of rotatable bonds is 6. The van der Waals surface area contributed by atoms with E-state index in [1.54, 1.807) is 0 Å². The Morgan fingerprint density at radius 2 is 2.16 bits per heavy atom. The quantitative estimate of drug-likeness (QED) is 0.569. The van der Waals surface area contributed by atoms with Crippen molar-refractivity contribution in [3.63, 3.8) is 0 Å². The summed E-state index contributed by atoms with van der Waals surface area (Å²) >= 11 is 1.90. The zero-order chi connectivity index (χ0) is 14.4. The van der Waals surface area contributed by atoms with E-state index >= 15 is 0 Å². The third-order valence-electron chi connectivity index (χ3n) is 3.44. The normalized spacial score (nSPS) is 24.5. The molecule has 108 valence electrons. The third kappa shape index (κ3) is 4.68. The number of allylic oxidation sites excluding steroid dienone is 2. The molecule has 0 amide bonds. The highest BCUT2D eigenvalue weighted by molar-refractivity contribution is 7.99. The Morgan fingerprint density at radius 3 is 2.68 bits per heavy atom. The number of aliphatic hydroxyl groups excluding tert-OH is 1. The van der Waals surface area contributed by atoms with Gasteiger partial charge in [0, 0.05) is 23.8 Å². The lowest BCUT2D eigenvalue weighted by atomic mass is 9.80. The average Bonchev–Trinajstić information content (AvgIpc) is 2.28. The third-order valence-corrected chi connectivity index (χ3v) is 4.53. The maximum atomic E-state index is 12.1. The molecule has 0 aromatic heterocycles. The molecule has 2 N–H and O–H groups in total. The van der Waals surface area contributed by atoms with Gasteiger partial charge in [-0.3, -0.25) is 4.79 Å². The van der Waals surface area contributed by atoms with Crippen LogP contribution in [0.4, 0.5) is 0 Å². The molecule has 1 saturated carbocycles. The van der Waals surface area contributed by atoms with Crippen LogP contribution in [0.1, 0.15) is 52.9 Å². The van der Waals surface area contributed by atoms with Crippen molar-refractivity contribution in [3.8, 4) is 0 Å². The van der Waals surface area contributed by atoms with E-state index in [9.17, 15) is 9.90 Å². The van der Waals surface area contributed by atoms with E-state index in [-0.39, 0.29) is 17.5 Å². The molecule has 0 aromatic rings. The van der Waals surface area contributed by atoms with Crippen LogP contribution in [0.5, 0.6) is 0 Å². The van der Waals surface area contributed by atoms with Gasteiger partial charge in [-0.25, -0.2) is 0 Å². The zero-order valence-electron chi connectivity index (χ0n) is 12.2. The largest absolute Gasteiger partial charge is 0.511 e. The Labute approximate surface area is 120 Å². The minimum Gasteiger partial charge on any atom is -0.511 e. The summed E-state index contributed by atoms with van der Waals surface area (Å²) in [7, 11) is 0. The van der Waals surface area contributed by atoms with Crippen molar-refractivity contribution in [3.05, 3.63) is 11.3 Å². The molecular formula is C15H25NO2S. The van der Waals surface area contributed by atoms with E-state index in [0.29, 0.717) is 35.8 Å². The highest BCUT2D eigenvalue weighted by Gasteiger charge is 2.31. The molecule has 1 fully saturated rings. The highest BCUT2D eigenvalue weighted by atomic mass is 32.2. The van der Waals surface area contributed by atoms with Crippen LogP contribution in [-0.2, 0) is 4.79 Å². The predicted molar refractivity (Wildman–Crippen MR) is 82.2 cm³/mol. The second-order valence-electron chi connectivity index (χ2n) is 5.25. The number of carbonyl (C=O) groups excluding carboxylic acids is 1. The lowest BCUT2D eigenvalue weighted by Gasteiger charge is -2.26. The topological polar surface area (TPSA) is 61.1 Å². The first-order valence-corrected chi connectivity index (χ1v) is 8.19. The number of ketones is 1. The summed E-state index contributed by atoms with van der Waals surface area (Å²) in [6.45, 7) is 6.28. The van der Waals surface area contributed by atoms with Crippen LogP contribution in [0.15, 0.2) is 11.3 Å². The second-order valence-corrected chi connectivity index (χ2v) is 6.96. The van der Waals surface area contributed by atoms with Gasteiger partial charge in [-0.1, -0.05) is 20.8 Å². The number of aliphatic hydroxyl groups is 1. The number of hydrogen-bond acceptors (Lipinski definition) is 4. The molecule has 1 aliphatic carbocycles. The molecule has 0 radical (unpaired) electrons. The number of nitrogens with one attached hydrogen (secondary N) is 1. The fourth-order valence-electron chi connectivity index (χ4n) is 2.68. The van der Waals surface area contributed by atoms with Gasteiger partial charge in [0.25, 0.3) is 0 Å². The summed E-state index contributed by atoms with van der Waals surface area (Å²) < 4.78 is 0. The van der Waals surface area contributed by atoms with E-state index in [1.165, 1.54) is 0 Å². The predicted octanol–water partition coefficient (Wildman–Crippen LogP) is 4.13. The number of Topliss-reactive ketones (excluding diaryl/α,β-unsaturated/α-hetero) is 1. The van der Waals surface area contributed by atoms with Gasteiger partial charge in [0.15, 0.2) is 5.78 Å². The molecule has 1 rings (SSSR count). The summed E-state index contributed by atoms with van der Waals surface area (Å²) in [6, 6.07) is 0. The van der Waals surface area contributed by atoms with Crippen molar-refractivity contribution in [1.82, 2.24) is 0 Å². The summed E-state index contributed by atoms with van der Waals surface area (Å²) in [5.74, 6) is 1.43. The molecule has 0 bridgehead atoms. The van der Waals surface area contributed by atoms with Crippen molar-refractivity contribution in [2.45, 2.75) is 58.1 Å². The standard InChI is InChI=1S/C15H25NO2S/c1-4-6-13(17)15-12(16)8-11(9-14(15)18)7-10(3)19-5-2/h10-11,16-17H,4-9H2,1-3H3. The molecular weight excluding hydrogens is 258 g/mol. The summed E-state index contributed by atoms with van der Waals surface area (Å²) in [6.07, 6.45) is 3.39. The summed E-state index contributed by atoms with van der Waals surface area (Å²) in [4.78, 5) is 12.1. The van der Waals surface area contributed by atoms with Gasteiger partial charge in [-0.05, 0) is 30.9 Å². The minimum absolute atomic E-state index is 0.0408. The van der Waals surface area contributed by atoms with Crippen molar-refractivity contribution < 1.29 is 9.90 Å². The second kappa shape index (κ2) is 7.73. The van der Waals surface area contributed by atoms with Crippen LogP contribution < -0.4 is 0 Å². The molecule has 0 spiro atoms. The lowest BCUT2D eigenvalue weighted by Crippen LogP contribution is -2.28. The molecule has 1 aliphatic rings. The Hall–Kier alpha value is -0.770. The van der Waals surface area contributed by atoms with Crippen LogP contribution >= 0.6 is 11.8 Å². The molecule has 19 heavy (non-hydrogen) atoms. The molecule has 0 aliphatic heterocycles. The first-order chi connectivity index (χ1) is 8.99. The van der Waals surface area contributed by atoms with Crippen LogP contribution in [0.3, 0.4) is 0 Å². The fraction of sp³-hybridized carbons (Fsp3) is 0.733. The molecule has 4 heteroatoms. The van der Waals surface area contributed by atoms with Crippen LogP contribution in [0.25, 0.3) is 0 Å². The minimum atomic E-state index is -0.0408. The summed E-state index contributed by atoms with van der Waals surface area (Å²) in [5, 5.41) is 18.4. The SMILES string of the molecule is CCCC(O)=C1C(=N)CC(CC(C)SCC)CC1=O. The van der Waals surface area contributed by atoms with E-state index in [2.05, 4.69) is 13.8 Å². The van der Waals surface area contributed by atoms with Crippen molar-refractivity contribution >= 4 is 23.3 Å². The Balaban J connectivity index is 2.69. The molecule has 2 atom stereocenters. The van der Waals surface area contributed by atoms with E-state index in [0.717, 1.165) is 18.6 Å². The van der Waals surface area contributed by atoms with Gasteiger partial charge in [-0.2, -0.15) is 11.8 Å². The first kappa shape index (κ1) is 16.3. The van der Waals surface area contributed by atoms with Crippen molar-refractivity contribution in [2.24, 2.45) is 5.92 Å². The average molecular weight is 283 g/mol. The van der Waals surface area contributed by atoms with Gasteiger partial charge in [0.05, 0.1) is 5.57 Å². The van der Waals surface area contributed by atoms with Gasteiger partial charge < -0.3 is 10.5 Å².